The van der Waals surface area contributed by atoms with Crippen molar-refractivity contribution < 1.29 is 76.4 Å². The molecule has 1 aliphatic rings. The fraction of sp³-hybridized carbons (Fsp3) is 0.889. The van der Waals surface area contributed by atoms with Gasteiger partial charge in [0.15, 0.2) is 12.5 Å². The number of ether oxygens (including phenoxy) is 2. The SMILES string of the molecule is CCCC(=O)OC[C@H](COP(=O)(O)O[C@@H]1[C@H](O)[C@H](OP(=O)(O)CF)[C@@H](O)[C@H](O)[C@H]1O)OC(=O)CCC. The van der Waals surface area contributed by atoms with Crippen molar-refractivity contribution in [3.8, 4) is 0 Å². The lowest BCUT2D eigenvalue weighted by atomic mass is 9.85. The summed E-state index contributed by atoms with van der Waals surface area (Å²) in [6.45, 7) is 2.04. The second kappa shape index (κ2) is 14.8. The minimum absolute atomic E-state index is 0.0116. The highest BCUT2D eigenvalue weighted by Gasteiger charge is 2.54. The first-order valence-electron chi connectivity index (χ1n) is 11.0. The Balaban J connectivity index is 2.93. The van der Waals surface area contributed by atoms with Gasteiger partial charge in [0, 0.05) is 12.8 Å². The van der Waals surface area contributed by atoms with Gasteiger partial charge in [0.05, 0.1) is 6.61 Å². The van der Waals surface area contributed by atoms with Crippen LogP contribution in [0.1, 0.15) is 39.5 Å². The third-order valence-corrected chi connectivity index (χ3v) is 6.66. The molecule has 0 heterocycles. The molecule has 0 aromatic carbocycles. The van der Waals surface area contributed by atoms with Crippen LogP contribution >= 0.6 is 15.4 Å². The Labute approximate surface area is 206 Å². The van der Waals surface area contributed by atoms with Gasteiger partial charge in [0.1, 0.15) is 43.2 Å². The standard InChI is InChI=1S/C18H33FO15P2/c1-3-5-11(20)30-7-10(32-12(21)6-4-2)8-31-36(28,29)34-18-15(24)13(22)14(23)17(16(18)25)33-35(26,27)9-19/h10,13-18,22-25H,3-9H2,1-2H3,(H,26,27)(H,28,29)/t10-,13+,14+,15-,16-,17-,18+/m1/s1. The molecule has 9 atom stereocenters. The molecule has 0 spiro atoms. The van der Waals surface area contributed by atoms with Crippen LogP contribution in [-0.4, -0.2) is 105 Å². The van der Waals surface area contributed by atoms with Crippen LogP contribution in [0.3, 0.4) is 0 Å². The van der Waals surface area contributed by atoms with Gasteiger partial charge in [0.25, 0.3) is 0 Å². The van der Waals surface area contributed by atoms with Crippen LogP contribution in [0.25, 0.3) is 0 Å². The van der Waals surface area contributed by atoms with Gasteiger partial charge in [-0.2, -0.15) is 0 Å². The maximum atomic E-state index is 12.7. The Bertz CT molecular complexity index is 813. The zero-order valence-electron chi connectivity index (χ0n) is 19.6. The van der Waals surface area contributed by atoms with Gasteiger partial charge in [-0.05, 0) is 12.8 Å². The smallest absolute Gasteiger partial charge is 0.462 e. The molecule has 0 saturated heterocycles. The summed E-state index contributed by atoms with van der Waals surface area (Å²) in [4.78, 5) is 42.8. The molecule has 36 heavy (non-hydrogen) atoms. The summed E-state index contributed by atoms with van der Waals surface area (Å²) < 4.78 is 60.5. The number of alkyl halides is 1. The number of rotatable bonds is 15. The molecule has 0 aliphatic heterocycles. The number of aliphatic hydroxyl groups excluding tert-OH is 4. The van der Waals surface area contributed by atoms with Crippen LogP contribution in [-0.2, 0) is 41.8 Å². The molecule has 18 heteroatoms. The summed E-state index contributed by atoms with van der Waals surface area (Å²) in [5, 5.41) is 40.3. The predicted molar refractivity (Wildman–Crippen MR) is 116 cm³/mol. The molecule has 0 aromatic heterocycles. The Hall–Kier alpha value is -1.03. The Morgan fingerprint density at radius 1 is 0.833 bits per heavy atom. The van der Waals surface area contributed by atoms with E-state index in [-0.39, 0.29) is 12.8 Å². The molecule has 0 radical (unpaired) electrons. The molecule has 2 unspecified atom stereocenters. The fourth-order valence-corrected chi connectivity index (χ4v) is 4.70. The van der Waals surface area contributed by atoms with Crippen molar-refractivity contribution in [2.45, 2.75) is 82.3 Å². The lowest BCUT2D eigenvalue weighted by Crippen LogP contribution is -2.64. The maximum Gasteiger partial charge on any atom is 0.472 e. The van der Waals surface area contributed by atoms with Crippen molar-refractivity contribution >= 4 is 27.4 Å². The molecule has 1 saturated carbocycles. The van der Waals surface area contributed by atoms with Crippen LogP contribution in [0.15, 0.2) is 0 Å². The van der Waals surface area contributed by atoms with E-state index >= 15 is 0 Å². The largest absolute Gasteiger partial charge is 0.472 e. The maximum absolute atomic E-state index is 12.7. The second-order valence-corrected chi connectivity index (χ2v) is 11.0. The third-order valence-electron chi connectivity index (χ3n) is 4.80. The summed E-state index contributed by atoms with van der Waals surface area (Å²) in [7, 11) is -10.2. The molecule has 1 rings (SSSR count). The number of phosphoric ester groups is 1. The van der Waals surface area contributed by atoms with E-state index in [1.807, 2.05) is 0 Å². The van der Waals surface area contributed by atoms with E-state index in [0.717, 1.165) is 0 Å². The van der Waals surface area contributed by atoms with Crippen molar-refractivity contribution in [2.75, 3.05) is 19.6 Å². The number of phosphoric acid groups is 1. The molecular formula is C18H33FO15P2. The highest BCUT2D eigenvalue weighted by Crippen LogP contribution is 2.50. The number of hydrogen-bond donors (Lipinski definition) is 6. The van der Waals surface area contributed by atoms with E-state index in [0.29, 0.717) is 12.8 Å². The molecule has 0 bridgehead atoms. The second-order valence-electron chi connectivity index (χ2n) is 7.92. The zero-order valence-corrected chi connectivity index (χ0v) is 21.4. The first kappa shape index (κ1) is 33.0. The van der Waals surface area contributed by atoms with Crippen molar-refractivity contribution in [2.24, 2.45) is 0 Å². The molecule has 1 aliphatic carbocycles. The summed E-state index contributed by atoms with van der Waals surface area (Å²) in [5.74, 6) is -1.35. The van der Waals surface area contributed by atoms with Gasteiger partial charge in [-0.15, -0.1) is 0 Å². The minimum atomic E-state index is -5.25. The van der Waals surface area contributed by atoms with Crippen LogP contribution in [0.2, 0.25) is 0 Å². The lowest BCUT2D eigenvalue weighted by molar-refractivity contribution is -0.215. The van der Waals surface area contributed by atoms with Crippen molar-refractivity contribution in [3.05, 3.63) is 0 Å². The van der Waals surface area contributed by atoms with Crippen LogP contribution < -0.4 is 0 Å². The quantitative estimate of drug-likeness (QED) is 0.107. The average Bonchev–Trinajstić information content (AvgIpc) is 2.80. The fourth-order valence-electron chi connectivity index (χ4n) is 3.04. The van der Waals surface area contributed by atoms with E-state index in [1.165, 1.54) is 0 Å². The molecular weight excluding hydrogens is 537 g/mol. The zero-order chi connectivity index (χ0) is 27.7. The van der Waals surface area contributed by atoms with Crippen molar-refractivity contribution in [1.82, 2.24) is 0 Å². The van der Waals surface area contributed by atoms with Crippen LogP contribution in [0.4, 0.5) is 4.39 Å². The molecule has 212 valence electrons. The number of esters is 2. The van der Waals surface area contributed by atoms with E-state index in [4.69, 9.17) is 18.5 Å². The number of carbonyl (C=O) groups excluding carboxylic acids is 2. The number of hydrogen-bond acceptors (Lipinski definition) is 13. The van der Waals surface area contributed by atoms with Gasteiger partial charge in [-0.25, -0.2) is 8.96 Å². The molecule has 15 nitrogen and oxygen atoms in total. The number of aliphatic hydroxyl groups is 4. The van der Waals surface area contributed by atoms with E-state index in [2.05, 4.69) is 4.52 Å². The van der Waals surface area contributed by atoms with Crippen molar-refractivity contribution in [3.63, 3.8) is 0 Å². The highest BCUT2D eigenvalue weighted by atomic mass is 31.2. The normalized spacial score (nSPS) is 30.6. The predicted octanol–water partition coefficient (Wildman–Crippen LogP) is -0.501. The molecule has 6 N–H and O–H groups in total. The monoisotopic (exact) mass is 570 g/mol. The first-order chi connectivity index (χ1) is 16.7. The summed E-state index contributed by atoms with van der Waals surface area (Å²) in [6, 6.07) is 0. The van der Waals surface area contributed by atoms with Gasteiger partial charge in [-0.3, -0.25) is 27.7 Å². The molecule has 1 fully saturated rings. The van der Waals surface area contributed by atoms with Gasteiger partial charge < -0.3 is 39.7 Å². The molecule has 0 amide bonds. The van der Waals surface area contributed by atoms with E-state index < -0.39 is 89.7 Å². The highest BCUT2D eigenvalue weighted by molar-refractivity contribution is 7.52. The number of halogens is 1. The Kier molecular flexibility index (Phi) is 13.6. The minimum Gasteiger partial charge on any atom is -0.462 e. The summed E-state index contributed by atoms with van der Waals surface area (Å²) >= 11 is 0. The average molecular weight is 570 g/mol. The van der Waals surface area contributed by atoms with Gasteiger partial charge >= 0.3 is 27.4 Å². The van der Waals surface area contributed by atoms with E-state index in [9.17, 15) is 53.3 Å². The number of carbonyl (C=O) groups is 2. The van der Waals surface area contributed by atoms with Crippen LogP contribution in [0.5, 0.6) is 0 Å². The first-order valence-corrected chi connectivity index (χ1v) is 14.2. The summed E-state index contributed by atoms with van der Waals surface area (Å²) in [5.41, 5.74) is 0. The van der Waals surface area contributed by atoms with E-state index in [1.54, 1.807) is 13.8 Å². The Morgan fingerprint density at radius 3 is 1.89 bits per heavy atom. The van der Waals surface area contributed by atoms with Crippen molar-refractivity contribution in [1.29, 1.82) is 0 Å². The van der Waals surface area contributed by atoms with Gasteiger partial charge in [-0.1, -0.05) is 13.8 Å². The molecule has 0 aromatic rings. The summed E-state index contributed by atoms with van der Waals surface area (Å²) in [6.07, 6.45) is -15.7. The van der Waals surface area contributed by atoms with Crippen LogP contribution in [0, 0.1) is 0 Å². The van der Waals surface area contributed by atoms with Gasteiger partial charge in [0.2, 0.25) is 0 Å². The topological polar surface area (TPSA) is 236 Å². The third kappa shape index (κ3) is 10.4. The lowest BCUT2D eigenvalue weighted by Gasteiger charge is -2.43. The Morgan fingerprint density at radius 2 is 1.36 bits per heavy atom.